The molecule has 3 amide bonds. The minimum Gasteiger partial charge on any atom is -0.385 e. The van der Waals surface area contributed by atoms with Gasteiger partial charge in [0.05, 0.1) is 30.6 Å². The van der Waals surface area contributed by atoms with E-state index in [9.17, 15) is 29.7 Å². The molecule has 8 aromatic heterocycles. The summed E-state index contributed by atoms with van der Waals surface area (Å²) < 4.78 is 6.08. The van der Waals surface area contributed by atoms with Crippen LogP contribution in [0.5, 0.6) is 0 Å². The zero-order chi connectivity index (χ0) is 57.1. The summed E-state index contributed by atoms with van der Waals surface area (Å²) in [6.07, 6.45) is 15.9. The highest BCUT2D eigenvalue weighted by Gasteiger charge is 2.34. The van der Waals surface area contributed by atoms with Gasteiger partial charge in [-0.2, -0.15) is 0 Å². The highest BCUT2D eigenvalue weighted by Crippen LogP contribution is 2.40. The number of aromatic nitrogens is 12. The van der Waals surface area contributed by atoms with E-state index in [0.29, 0.717) is 41.2 Å². The van der Waals surface area contributed by atoms with Gasteiger partial charge in [-0.1, -0.05) is 36.4 Å². The van der Waals surface area contributed by atoms with Crippen molar-refractivity contribution >= 4 is 69.1 Å². The van der Waals surface area contributed by atoms with Crippen molar-refractivity contribution in [3.8, 4) is 0 Å². The van der Waals surface area contributed by atoms with Crippen molar-refractivity contribution in [3.63, 3.8) is 0 Å². The number of nitrogens with one attached hydrogen (secondary N) is 3. The minimum atomic E-state index is -1.46. The summed E-state index contributed by atoms with van der Waals surface area (Å²) in [6.45, 7) is 10.7. The molecule has 3 aliphatic carbocycles. The number of aryl methyl sites for hydroxylation is 3. The third-order valence-corrected chi connectivity index (χ3v) is 15.4. The molecule has 21 nitrogen and oxygen atoms in total. The fraction of sp³-hybridized carbons (Fsp3) is 0.400. The first-order valence-corrected chi connectivity index (χ1v) is 27.7. The molecule has 3 fully saturated rings. The van der Waals surface area contributed by atoms with Crippen molar-refractivity contribution in [2.45, 2.75) is 154 Å². The molecule has 8 heterocycles. The molecule has 21 heteroatoms. The summed E-state index contributed by atoms with van der Waals surface area (Å²) in [4.78, 5) is 77.7. The summed E-state index contributed by atoms with van der Waals surface area (Å²) >= 11 is 0. The predicted octanol–water partition coefficient (Wildman–Crippen LogP) is 9.29. The lowest BCUT2D eigenvalue weighted by Gasteiger charge is -2.29. The quantitative estimate of drug-likeness (QED) is 0.0558. The monoisotopic (exact) mass is 1100 g/mol. The summed E-state index contributed by atoms with van der Waals surface area (Å²) in [6, 6.07) is 26.7. The SMILES string of the molecule is Cc1ccc2nc(NC(=O)CC(C)(O)c3ncccn3)n(C3CCC3)c2n1.Cc1ccc2nc(NC(=O)C[C@](C)(O)c3ccccn3)n(C3CCC3)c2n1.Cc1ccnc2c1nc(NC(=O)C[C@](C)(O)c1ccccc1)n2C1CCC1. The maximum atomic E-state index is 12.7. The highest BCUT2D eigenvalue weighted by atomic mass is 16.3. The zero-order valence-corrected chi connectivity index (χ0v) is 46.5. The largest absolute Gasteiger partial charge is 0.385 e. The topological polar surface area (TPSA) is 279 Å². The average molecular weight is 1100 g/mol. The molecule has 9 aromatic rings. The molecular weight excluding hydrogens is 1030 g/mol. The Morgan fingerprint density at radius 2 is 0.938 bits per heavy atom. The van der Waals surface area contributed by atoms with Crippen LogP contribution in [0.15, 0.2) is 110 Å². The Bertz CT molecular complexity index is 3510. The van der Waals surface area contributed by atoms with Crippen molar-refractivity contribution < 1.29 is 29.7 Å². The number of carbonyl (C=O) groups is 3. The number of hydrogen-bond acceptors (Lipinski definition) is 15. The van der Waals surface area contributed by atoms with Crippen LogP contribution in [0.25, 0.3) is 33.5 Å². The van der Waals surface area contributed by atoms with E-state index in [0.717, 1.165) is 102 Å². The van der Waals surface area contributed by atoms with E-state index in [2.05, 4.69) is 60.8 Å². The number of pyridine rings is 4. The van der Waals surface area contributed by atoms with Gasteiger partial charge in [0, 0.05) is 54.3 Å². The van der Waals surface area contributed by atoms with Gasteiger partial charge >= 0.3 is 0 Å². The van der Waals surface area contributed by atoms with Gasteiger partial charge < -0.3 is 15.3 Å². The molecule has 0 spiro atoms. The Hall–Kier alpha value is -8.40. The Kier molecular flexibility index (Phi) is 16.1. The molecule has 420 valence electrons. The lowest BCUT2D eigenvalue weighted by Crippen LogP contribution is -2.31. The van der Waals surface area contributed by atoms with E-state index in [1.807, 2.05) is 95.1 Å². The second-order valence-corrected chi connectivity index (χ2v) is 22.2. The fourth-order valence-electron chi connectivity index (χ4n) is 10.3. The van der Waals surface area contributed by atoms with Crippen LogP contribution >= 0.6 is 0 Å². The van der Waals surface area contributed by atoms with Gasteiger partial charge in [-0.3, -0.25) is 49.0 Å². The molecule has 3 atom stereocenters. The number of fused-ring (bicyclic) bond motifs is 3. The van der Waals surface area contributed by atoms with Crippen LogP contribution in [0.4, 0.5) is 17.8 Å². The molecular formula is C60H69N15O6. The van der Waals surface area contributed by atoms with Gasteiger partial charge in [0.15, 0.2) is 22.8 Å². The first kappa shape index (κ1) is 55.9. The van der Waals surface area contributed by atoms with Crippen molar-refractivity contribution in [2.75, 3.05) is 16.0 Å². The second kappa shape index (κ2) is 23.4. The number of carbonyl (C=O) groups excluding carboxylic acids is 3. The lowest BCUT2D eigenvalue weighted by molar-refractivity contribution is -0.122. The van der Waals surface area contributed by atoms with Crippen LogP contribution in [0.3, 0.4) is 0 Å². The molecule has 6 N–H and O–H groups in total. The van der Waals surface area contributed by atoms with E-state index >= 15 is 0 Å². The normalized spacial score (nSPS) is 16.7. The van der Waals surface area contributed by atoms with Gasteiger partial charge in [-0.15, -0.1) is 0 Å². The van der Waals surface area contributed by atoms with Crippen LogP contribution in [0.2, 0.25) is 0 Å². The van der Waals surface area contributed by atoms with E-state index in [1.54, 1.807) is 62.9 Å². The number of nitrogens with zero attached hydrogens (tertiary/aromatic N) is 12. The van der Waals surface area contributed by atoms with Crippen molar-refractivity contribution in [1.82, 2.24) is 58.6 Å². The average Bonchev–Trinajstić information content (AvgIpc) is 4.12. The summed E-state index contributed by atoms with van der Waals surface area (Å²) in [5.74, 6) is 0.781. The van der Waals surface area contributed by atoms with Crippen LogP contribution in [-0.2, 0) is 31.2 Å². The van der Waals surface area contributed by atoms with E-state index < -0.39 is 16.8 Å². The van der Waals surface area contributed by atoms with Crippen molar-refractivity contribution in [1.29, 1.82) is 0 Å². The number of rotatable bonds is 15. The van der Waals surface area contributed by atoms with E-state index in [-0.39, 0.29) is 48.9 Å². The number of benzene rings is 1. The Labute approximate surface area is 468 Å². The molecule has 0 bridgehead atoms. The Morgan fingerprint density at radius 1 is 0.481 bits per heavy atom. The third kappa shape index (κ3) is 12.5. The molecule has 1 aromatic carbocycles. The summed E-state index contributed by atoms with van der Waals surface area (Å²) in [5.41, 5.74) is 4.69. The highest BCUT2D eigenvalue weighted by molar-refractivity contribution is 5.93. The van der Waals surface area contributed by atoms with Crippen LogP contribution < -0.4 is 16.0 Å². The minimum absolute atomic E-state index is 0.0443. The van der Waals surface area contributed by atoms with Gasteiger partial charge in [0.25, 0.3) is 0 Å². The Morgan fingerprint density at radius 3 is 1.42 bits per heavy atom. The molecule has 3 aliphatic rings. The van der Waals surface area contributed by atoms with Crippen LogP contribution in [0, 0.1) is 20.8 Å². The van der Waals surface area contributed by atoms with E-state index in [4.69, 9.17) is 0 Å². The second-order valence-electron chi connectivity index (χ2n) is 22.2. The summed E-state index contributed by atoms with van der Waals surface area (Å²) in [5, 5.41) is 40.7. The van der Waals surface area contributed by atoms with Gasteiger partial charge in [-0.25, -0.2) is 39.9 Å². The standard InChI is InChI=1S/C21H24N4O2.C20H23N5O2.C19H22N6O2/c1-14-11-12-22-19-18(14)24-20(25(19)16-9-6-10-16)23-17(26)13-21(2,27)15-7-4-3-5-8-15;1-13-9-10-15-18(22-13)25(14-6-5-7-14)19(23-15)24-17(26)12-20(2,27)16-8-3-4-11-21-16;1-12-7-8-14-16(22-12)25(13-5-3-6-13)18(23-14)24-15(26)11-19(2,27)17-20-9-4-10-21-17/h3-5,7-8,11-12,16,27H,6,9-10,13H2,1-2H3,(H,23,24,26);3-4,8-11,14,27H,5-7,12H2,1-2H3,(H,23,24,26);4,7-10,13,27H,3,5-6,11H2,1-2H3,(H,23,24,26)/t21-;20-;/m00./s1. The first-order chi connectivity index (χ1) is 38.8. The molecule has 12 rings (SSSR count). The van der Waals surface area contributed by atoms with Gasteiger partial charge in [0.2, 0.25) is 35.6 Å². The maximum Gasteiger partial charge on any atom is 0.230 e. The number of anilines is 3. The van der Waals surface area contributed by atoms with Crippen LogP contribution in [-0.4, -0.2) is 91.6 Å². The zero-order valence-electron chi connectivity index (χ0n) is 46.5. The van der Waals surface area contributed by atoms with Crippen molar-refractivity contribution in [3.05, 3.63) is 144 Å². The first-order valence-electron chi connectivity index (χ1n) is 27.7. The van der Waals surface area contributed by atoms with Gasteiger partial charge in [0.1, 0.15) is 27.8 Å². The fourth-order valence-corrected chi connectivity index (χ4v) is 10.3. The van der Waals surface area contributed by atoms with E-state index in [1.165, 1.54) is 13.3 Å². The number of hydrogen-bond donors (Lipinski definition) is 6. The molecule has 1 unspecified atom stereocenters. The van der Waals surface area contributed by atoms with Crippen molar-refractivity contribution in [2.24, 2.45) is 0 Å². The summed E-state index contributed by atoms with van der Waals surface area (Å²) in [7, 11) is 0. The number of amides is 3. The molecule has 0 aliphatic heterocycles. The smallest absolute Gasteiger partial charge is 0.230 e. The third-order valence-electron chi connectivity index (χ3n) is 15.4. The predicted molar refractivity (Wildman–Crippen MR) is 307 cm³/mol. The number of aliphatic hydroxyl groups is 3. The Balaban J connectivity index is 0.000000136. The van der Waals surface area contributed by atoms with Gasteiger partial charge in [-0.05, 0) is 159 Å². The molecule has 81 heavy (non-hydrogen) atoms. The number of imidazole rings is 3. The maximum absolute atomic E-state index is 12.7. The molecule has 0 radical (unpaired) electrons. The molecule has 0 saturated heterocycles. The lowest BCUT2D eigenvalue weighted by atomic mass is 9.92. The van der Waals surface area contributed by atoms with Crippen LogP contribution in [0.1, 0.15) is 150 Å². The molecule has 3 saturated carbocycles.